The molecule has 20 heavy (non-hydrogen) atoms. The number of hydrogen-bond acceptors (Lipinski definition) is 2. The highest BCUT2D eigenvalue weighted by Crippen LogP contribution is 2.30. The smallest absolute Gasteiger partial charge is 0.222 e. The SMILES string of the molecule is CCCCC(=O)N1CCC(c2cccc(OC)c2)CC1. The summed E-state index contributed by atoms with van der Waals surface area (Å²) in [7, 11) is 1.70. The molecular formula is C17H25NO2. The molecule has 1 aromatic carbocycles. The van der Waals surface area contributed by atoms with E-state index in [1.54, 1.807) is 7.11 Å². The van der Waals surface area contributed by atoms with E-state index in [2.05, 4.69) is 19.1 Å². The number of benzene rings is 1. The Hall–Kier alpha value is -1.51. The van der Waals surface area contributed by atoms with Gasteiger partial charge in [0.2, 0.25) is 5.91 Å². The van der Waals surface area contributed by atoms with Crippen LogP contribution in [-0.4, -0.2) is 31.0 Å². The van der Waals surface area contributed by atoms with Crippen molar-refractivity contribution in [1.82, 2.24) is 4.90 Å². The zero-order valence-electron chi connectivity index (χ0n) is 12.6. The van der Waals surface area contributed by atoms with Gasteiger partial charge in [-0.2, -0.15) is 0 Å². The van der Waals surface area contributed by atoms with Crippen molar-refractivity contribution in [2.45, 2.75) is 44.9 Å². The predicted octanol–water partition coefficient (Wildman–Crippen LogP) is 3.59. The summed E-state index contributed by atoms with van der Waals surface area (Å²) < 4.78 is 5.28. The summed E-state index contributed by atoms with van der Waals surface area (Å²) in [6.07, 6.45) is 4.93. The number of unbranched alkanes of at least 4 members (excludes halogenated alkanes) is 1. The number of ether oxygens (including phenoxy) is 1. The van der Waals surface area contributed by atoms with Crippen molar-refractivity contribution < 1.29 is 9.53 Å². The molecule has 2 rings (SSSR count). The minimum atomic E-state index is 0.330. The van der Waals surface area contributed by atoms with Crippen LogP contribution in [0, 0.1) is 0 Å². The first-order valence-corrected chi connectivity index (χ1v) is 7.66. The van der Waals surface area contributed by atoms with Crippen molar-refractivity contribution in [1.29, 1.82) is 0 Å². The van der Waals surface area contributed by atoms with E-state index >= 15 is 0 Å². The summed E-state index contributed by atoms with van der Waals surface area (Å²) in [5.41, 5.74) is 1.34. The van der Waals surface area contributed by atoms with E-state index in [-0.39, 0.29) is 0 Å². The van der Waals surface area contributed by atoms with Crippen LogP contribution in [0.15, 0.2) is 24.3 Å². The van der Waals surface area contributed by atoms with E-state index < -0.39 is 0 Å². The largest absolute Gasteiger partial charge is 0.497 e. The molecule has 0 saturated carbocycles. The van der Waals surface area contributed by atoms with Crippen LogP contribution >= 0.6 is 0 Å². The van der Waals surface area contributed by atoms with Gasteiger partial charge in [0.25, 0.3) is 0 Å². The number of piperidine rings is 1. The van der Waals surface area contributed by atoms with Crippen LogP contribution in [0.2, 0.25) is 0 Å². The molecule has 0 atom stereocenters. The first-order chi connectivity index (χ1) is 9.74. The normalized spacial score (nSPS) is 16.2. The topological polar surface area (TPSA) is 29.5 Å². The summed E-state index contributed by atoms with van der Waals surface area (Å²) in [5, 5.41) is 0. The highest BCUT2D eigenvalue weighted by molar-refractivity contribution is 5.76. The Kier molecular flexibility index (Phi) is 5.45. The second-order valence-electron chi connectivity index (χ2n) is 5.54. The minimum absolute atomic E-state index is 0.330. The van der Waals surface area contributed by atoms with Crippen molar-refractivity contribution in [3.05, 3.63) is 29.8 Å². The predicted molar refractivity (Wildman–Crippen MR) is 81.1 cm³/mol. The molecule has 1 aliphatic heterocycles. The Labute approximate surface area is 121 Å². The highest BCUT2D eigenvalue weighted by atomic mass is 16.5. The first kappa shape index (κ1) is 14.9. The summed E-state index contributed by atoms with van der Waals surface area (Å²) in [5.74, 6) is 1.81. The molecule has 0 N–H and O–H groups in total. The lowest BCUT2D eigenvalue weighted by molar-refractivity contribution is -0.132. The standard InChI is InChI=1S/C17H25NO2/c1-3-4-8-17(19)18-11-9-14(10-12-18)15-6-5-7-16(13-15)20-2/h5-7,13-14H,3-4,8-12H2,1-2H3. The monoisotopic (exact) mass is 275 g/mol. The molecule has 1 fully saturated rings. The molecule has 1 aromatic rings. The van der Waals surface area contributed by atoms with E-state index in [0.29, 0.717) is 18.2 Å². The fourth-order valence-corrected chi connectivity index (χ4v) is 2.84. The van der Waals surface area contributed by atoms with Gasteiger partial charge in [-0.05, 0) is 42.9 Å². The van der Waals surface area contributed by atoms with Gasteiger partial charge in [-0.1, -0.05) is 25.5 Å². The third-order valence-electron chi connectivity index (χ3n) is 4.16. The van der Waals surface area contributed by atoms with Gasteiger partial charge in [-0.25, -0.2) is 0 Å². The molecule has 110 valence electrons. The summed E-state index contributed by atoms with van der Waals surface area (Å²) in [6.45, 7) is 3.91. The average Bonchev–Trinajstić information content (AvgIpc) is 2.52. The molecule has 0 spiro atoms. The van der Waals surface area contributed by atoms with Crippen molar-refractivity contribution in [3.63, 3.8) is 0 Å². The van der Waals surface area contributed by atoms with Crippen LogP contribution in [0.1, 0.15) is 50.5 Å². The molecule has 0 aromatic heterocycles. The molecule has 0 bridgehead atoms. The van der Waals surface area contributed by atoms with Gasteiger partial charge in [0.15, 0.2) is 0 Å². The lowest BCUT2D eigenvalue weighted by atomic mass is 9.89. The number of methoxy groups -OCH3 is 1. The molecule has 1 heterocycles. The Bertz CT molecular complexity index is 436. The number of rotatable bonds is 5. The van der Waals surface area contributed by atoms with Gasteiger partial charge >= 0.3 is 0 Å². The number of hydrogen-bond donors (Lipinski definition) is 0. The number of carbonyl (C=O) groups excluding carboxylic acids is 1. The molecule has 3 heteroatoms. The molecule has 1 saturated heterocycles. The second-order valence-corrected chi connectivity index (χ2v) is 5.54. The number of carbonyl (C=O) groups is 1. The molecule has 0 unspecified atom stereocenters. The number of nitrogens with zero attached hydrogens (tertiary/aromatic N) is 1. The Morgan fingerprint density at radius 1 is 1.35 bits per heavy atom. The van der Waals surface area contributed by atoms with Gasteiger partial charge < -0.3 is 9.64 Å². The van der Waals surface area contributed by atoms with Crippen LogP contribution < -0.4 is 4.74 Å². The molecule has 1 aliphatic rings. The first-order valence-electron chi connectivity index (χ1n) is 7.66. The molecule has 0 aliphatic carbocycles. The lowest BCUT2D eigenvalue weighted by Gasteiger charge is -2.32. The van der Waals surface area contributed by atoms with Gasteiger partial charge in [0.05, 0.1) is 7.11 Å². The van der Waals surface area contributed by atoms with Crippen LogP contribution in [0.4, 0.5) is 0 Å². The van der Waals surface area contributed by atoms with Gasteiger partial charge in [0, 0.05) is 19.5 Å². The zero-order valence-corrected chi connectivity index (χ0v) is 12.6. The van der Waals surface area contributed by atoms with Crippen molar-refractivity contribution in [3.8, 4) is 5.75 Å². The maximum atomic E-state index is 12.0. The molecule has 0 radical (unpaired) electrons. The molecule has 1 amide bonds. The third kappa shape index (κ3) is 3.75. The maximum Gasteiger partial charge on any atom is 0.222 e. The Morgan fingerprint density at radius 2 is 2.10 bits per heavy atom. The van der Waals surface area contributed by atoms with Crippen molar-refractivity contribution >= 4 is 5.91 Å². The van der Waals surface area contributed by atoms with Gasteiger partial charge in [0.1, 0.15) is 5.75 Å². The average molecular weight is 275 g/mol. The summed E-state index contributed by atoms with van der Waals surface area (Å²) >= 11 is 0. The fraction of sp³-hybridized carbons (Fsp3) is 0.588. The Balaban J connectivity index is 1.88. The summed E-state index contributed by atoms with van der Waals surface area (Å²) in [4.78, 5) is 14.0. The fourth-order valence-electron chi connectivity index (χ4n) is 2.84. The van der Waals surface area contributed by atoms with E-state index in [0.717, 1.165) is 44.5 Å². The van der Waals surface area contributed by atoms with E-state index in [9.17, 15) is 4.79 Å². The van der Waals surface area contributed by atoms with Crippen LogP contribution in [0.3, 0.4) is 0 Å². The van der Waals surface area contributed by atoms with E-state index in [1.165, 1.54) is 5.56 Å². The molecular weight excluding hydrogens is 250 g/mol. The number of amides is 1. The second kappa shape index (κ2) is 7.32. The van der Waals surface area contributed by atoms with Crippen molar-refractivity contribution in [2.75, 3.05) is 20.2 Å². The van der Waals surface area contributed by atoms with Crippen LogP contribution in [0.5, 0.6) is 5.75 Å². The van der Waals surface area contributed by atoms with Crippen LogP contribution in [-0.2, 0) is 4.79 Å². The molecule has 3 nitrogen and oxygen atoms in total. The highest BCUT2D eigenvalue weighted by Gasteiger charge is 2.23. The third-order valence-corrected chi connectivity index (χ3v) is 4.16. The van der Waals surface area contributed by atoms with E-state index in [4.69, 9.17) is 4.74 Å². The van der Waals surface area contributed by atoms with Gasteiger partial charge in [-0.3, -0.25) is 4.79 Å². The van der Waals surface area contributed by atoms with Crippen molar-refractivity contribution in [2.24, 2.45) is 0 Å². The zero-order chi connectivity index (χ0) is 14.4. The van der Waals surface area contributed by atoms with Crippen LogP contribution in [0.25, 0.3) is 0 Å². The van der Waals surface area contributed by atoms with E-state index in [1.807, 2.05) is 17.0 Å². The number of likely N-dealkylation sites (tertiary alicyclic amines) is 1. The Morgan fingerprint density at radius 3 is 2.75 bits per heavy atom. The quantitative estimate of drug-likeness (QED) is 0.822. The lowest BCUT2D eigenvalue weighted by Crippen LogP contribution is -2.37. The minimum Gasteiger partial charge on any atom is -0.497 e. The van der Waals surface area contributed by atoms with Gasteiger partial charge in [-0.15, -0.1) is 0 Å². The summed E-state index contributed by atoms with van der Waals surface area (Å²) in [6, 6.07) is 8.32. The maximum absolute atomic E-state index is 12.0.